The van der Waals surface area contributed by atoms with Crippen LogP contribution < -0.4 is 0 Å². The second-order valence-electron chi connectivity index (χ2n) is 4.58. The molecule has 0 radical (unpaired) electrons. The molecule has 1 aromatic heterocycles. The third-order valence-electron chi connectivity index (χ3n) is 3.21. The molecule has 2 rings (SSSR count). The lowest BCUT2D eigenvalue weighted by Crippen LogP contribution is -2.52. The molecule has 5 heteroatoms. The van der Waals surface area contributed by atoms with Crippen molar-refractivity contribution >= 4 is 5.91 Å². The molecular weight excluding hydrogens is 232 g/mol. The van der Waals surface area contributed by atoms with Crippen molar-refractivity contribution in [3.63, 3.8) is 0 Å². The van der Waals surface area contributed by atoms with Crippen molar-refractivity contribution in [2.24, 2.45) is 0 Å². The zero-order valence-corrected chi connectivity index (χ0v) is 10.7. The zero-order valence-electron chi connectivity index (χ0n) is 10.7. The Balaban J connectivity index is 2.19. The van der Waals surface area contributed by atoms with Gasteiger partial charge in [0.2, 0.25) is 0 Å². The third kappa shape index (κ3) is 2.52. The predicted molar refractivity (Wildman–Crippen MR) is 66.3 cm³/mol. The zero-order chi connectivity index (χ0) is 13.1. The summed E-state index contributed by atoms with van der Waals surface area (Å²) in [6.45, 7) is 4.57. The third-order valence-corrected chi connectivity index (χ3v) is 3.21. The first-order valence-electron chi connectivity index (χ1n) is 6.08. The fraction of sp³-hybridized carbons (Fsp3) is 0.538. The number of carbonyl (C=O) groups is 1. The lowest BCUT2D eigenvalue weighted by Gasteiger charge is -2.37. The Bertz CT molecular complexity index is 436. The van der Waals surface area contributed by atoms with Crippen molar-refractivity contribution in [2.45, 2.75) is 26.0 Å². The normalized spacial score (nSPS) is 24.1. The van der Waals surface area contributed by atoms with Crippen LogP contribution >= 0.6 is 0 Å². The van der Waals surface area contributed by atoms with Crippen LogP contribution in [0.4, 0.5) is 0 Å². The molecule has 0 saturated carbocycles. The molecule has 1 aromatic rings. The van der Waals surface area contributed by atoms with Crippen molar-refractivity contribution in [2.75, 3.05) is 19.8 Å². The van der Waals surface area contributed by atoms with Gasteiger partial charge in [0.25, 0.3) is 5.91 Å². The molecule has 0 aromatic carbocycles. The van der Waals surface area contributed by atoms with Crippen LogP contribution in [0.15, 0.2) is 18.3 Å². The van der Waals surface area contributed by atoms with E-state index >= 15 is 0 Å². The second kappa shape index (κ2) is 5.46. The second-order valence-corrected chi connectivity index (χ2v) is 4.58. The Morgan fingerprint density at radius 2 is 2.44 bits per heavy atom. The summed E-state index contributed by atoms with van der Waals surface area (Å²) in [5.74, 6) is -0.0464. The summed E-state index contributed by atoms with van der Waals surface area (Å²) >= 11 is 0. The molecule has 0 aliphatic carbocycles. The summed E-state index contributed by atoms with van der Waals surface area (Å²) in [4.78, 5) is 18.3. The first-order valence-corrected chi connectivity index (χ1v) is 6.08. The number of ether oxygens (including phenoxy) is 1. The smallest absolute Gasteiger partial charge is 0.256 e. The summed E-state index contributed by atoms with van der Waals surface area (Å²) in [6.07, 6.45) is 1.38. The van der Waals surface area contributed by atoms with Gasteiger partial charge in [0.1, 0.15) is 0 Å². The SMILES string of the molecule is Cc1ncccc1C(=O)N1CC(CO)OCC1C. The Morgan fingerprint density at radius 1 is 1.67 bits per heavy atom. The molecule has 18 heavy (non-hydrogen) atoms. The number of pyridine rings is 1. The molecule has 2 unspecified atom stereocenters. The summed E-state index contributed by atoms with van der Waals surface area (Å²) in [7, 11) is 0. The van der Waals surface area contributed by atoms with E-state index in [1.807, 2.05) is 13.8 Å². The monoisotopic (exact) mass is 250 g/mol. The molecule has 5 nitrogen and oxygen atoms in total. The average Bonchev–Trinajstić information content (AvgIpc) is 2.39. The fourth-order valence-corrected chi connectivity index (χ4v) is 2.08. The first kappa shape index (κ1) is 13.0. The van der Waals surface area contributed by atoms with Gasteiger partial charge in [-0.15, -0.1) is 0 Å². The number of carbonyl (C=O) groups excluding carboxylic acids is 1. The number of aromatic nitrogens is 1. The van der Waals surface area contributed by atoms with Crippen molar-refractivity contribution < 1.29 is 14.6 Å². The van der Waals surface area contributed by atoms with Crippen molar-refractivity contribution in [3.8, 4) is 0 Å². The summed E-state index contributed by atoms with van der Waals surface area (Å²) in [6, 6.07) is 3.55. The highest BCUT2D eigenvalue weighted by Gasteiger charge is 2.30. The summed E-state index contributed by atoms with van der Waals surface area (Å²) in [5.41, 5.74) is 1.34. The van der Waals surface area contributed by atoms with Gasteiger partial charge in [-0.1, -0.05) is 0 Å². The van der Waals surface area contributed by atoms with Gasteiger partial charge < -0.3 is 14.7 Å². The lowest BCUT2D eigenvalue weighted by atomic mass is 10.1. The van der Waals surface area contributed by atoms with Crippen molar-refractivity contribution in [3.05, 3.63) is 29.6 Å². The maximum Gasteiger partial charge on any atom is 0.256 e. The van der Waals surface area contributed by atoms with Crippen LogP contribution in [0.5, 0.6) is 0 Å². The van der Waals surface area contributed by atoms with Crippen LogP contribution in [0.2, 0.25) is 0 Å². The Morgan fingerprint density at radius 3 is 3.11 bits per heavy atom. The molecule has 1 fully saturated rings. The van der Waals surface area contributed by atoms with E-state index in [9.17, 15) is 4.79 Å². The van der Waals surface area contributed by atoms with Gasteiger partial charge in [-0.3, -0.25) is 9.78 Å². The highest BCUT2D eigenvalue weighted by molar-refractivity contribution is 5.95. The number of rotatable bonds is 2. The molecule has 98 valence electrons. The molecule has 1 amide bonds. The number of aliphatic hydroxyl groups excluding tert-OH is 1. The largest absolute Gasteiger partial charge is 0.394 e. The van der Waals surface area contributed by atoms with Gasteiger partial charge in [0.15, 0.2) is 0 Å². The highest BCUT2D eigenvalue weighted by Crippen LogP contribution is 2.16. The van der Waals surface area contributed by atoms with Crippen LogP contribution in [0, 0.1) is 6.92 Å². The van der Waals surface area contributed by atoms with E-state index in [1.165, 1.54) is 0 Å². The number of hydrogen-bond donors (Lipinski definition) is 1. The Hall–Kier alpha value is -1.46. The van der Waals surface area contributed by atoms with E-state index in [2.05, 4.69) is 4.98 Å². The molecule has 0 bridgehead atoms. The minimum absolute atomic E-state index is 0.0138. The van der Waals surface area contributed by atoms with Crippen molar-refractivity contribution in [1.82, 2.24) is 9.88 Å². The number of aryl methyl sites for hydroxylation is 1. The number of nitrogens with zero attached hydrogens (tertiary/aromatic N) is 2. The molecule has 1 saturated heterocycles. The van der Waals surface area contributed by atoms with Crippen molar-refractivity contribution in [1.29, 1.82) is 0 Å². The number of morpholine rings is 1. The van der Waals surface area contributed by atoms with E-state index in [0.29, 0.717) is 18.7 Å². The van der Waals surface area contributed by atoms with Crippen LogP contribution in [-0.4, -0.2) is 52.8 Å². The van der Waals surface area contributed by atoms with Gasteiger partial charge in [0, 0.05) is 18.4 Å². The molecule has 2 atom stereocenters. The van der Waals surface area contributed by atoms with E-state index in [-0.39, 0.29) is 24.7 Å². The van der Waals surface area contributed by atoms with Crippen LogP contribution in [0.1, 0.15) is 23.0 Å². The fourth-order valence-electron chi connectivity index (χ4n) is 2.08. The molecule has 1 N–H and O–H groups in total. The maximum atomic E-state index is 12.4. The van der Waals surface area contributed by atoms with E-state index < -0.39 is 0 Å². The number of aliphatic hydroxyl groups is 1. The Labute approximate surface area is 106 Å². The van der Waals surface area contributed by atoms with E-state index in [1.54, 1.807) is 23.2 Å². The van der Waals surface area contributed by atoms with Crippen LogP contribution in [0.25, 0.3) is 0 Å². The van der Waals surface area contributed by atoms with Gasteiger partial charge >= 0.3 is 0 Å². The standard InChI is InChI=1S/C13H18N2O3/c1-9-8-18-11(7-16)6-15(9)13(17)12-4-3-5-14-10(12)2/h3-5,9,11,16H,6-8H2,1-2H3. The minimum atomic E-state index is -0.290. The quantitative estimate of drug-likeness (QED) is 0.835. The number of amides is 1. The minimum Gasteiger partial charge on any atom is -0.394 e. The lowest BCUT2D eigenvalue weighted by molar-refractivity contribution is -0.0667. The van der Waals surface area contributed by atoms with E-state index in [4.69, 9.17) is 9.84 Å². The molecule has 1 aliphatic rings. The average molecular weight is 250 g/mol. The number of hydrogen-bond acceptors (Lipinski definition) is 4. The maximum absolute atomic E-state index is 12.4. The summed E-state index contributed by atoms with van der Waals surface area (Å²) < 4.78 is 5.43. The van der Waals surface area contributed by atoms with Crippen LogP contribution in [-0.2, 0) is 4.74 Å². The van der Waals surface area contributed by atoms with Crippen LogP contribution in [0.3, 0.4) is 0 Å². The highest BCUT2D eigenvalue weighted by atomic mass is 16.5. The van der Waals surface area contributed by atoms with Gasteiger partial charge in [-0.25, -0.2) is 0 Å². The Kier molecular flexibility index (Phi) is 3.93. The van der Waals surface area contributed by atoms with E-state index in [0.717, 1.165) is 5.69 Å². The summed E-state index contributed by atoms with van der Waals surface area (Å²) in [5, 5.41) is 9.13. The first-order chi connectivity index (χ1) is 8.63. The molecule has 0 spiro atoms. The van der Waals surface area contributed by atoms with Gasteiger partial charge in [-0.05, 0) is 26.0 Å². The predicted octanol–water partition coefficient (Wildman–Crippen LogP) is 0.612. The molecule has 2 heterocycles. The molecule has 1 aliphatic heterocycles. The topological polar surface area (TPSA) is 62.7 Å². The van der Waals surface area contributed by atoms with Gasteiger partial charge in [-0.2, -0.15) is 0 Å². The molecular formula is C13H18N2O3. The van der Waals surface area contributed by atoms with Gasteiger partial charge in [0.05, 0.1) is 30.9 Å².